The topological polar surface area (TPSA) is 68.3 Å². The number of esters is 1. The fourth-order valence-electron chi connectivity index (χ4n) is 4.98. The van der Waals surface area contributed by atoms with Gasteiger partial charge in [-0.2, -0.15) is 0 Å². The lowest BCUT2D eigenvalue weighted by Crippen LogP contribution is -2.58. The van der Waals surface area contributed by atoms with E-state index < -0.39 is 5.79 Å². The fraction of sp³-hybridized carbons (Fsp3) is 0.636. The van der Waals surface area contributed by atoms with Crippen LogP contribution < -0.4 is 0 Å². The molecule has 1 unspecified atom stereocenters. The number of fused-ring (bicyclic) bond motifs is 1. The second kappa shape index (κ2) is 8.32. The third kappa shape index (κ3) is 3.98. The van der Waals surface area contributed by atoms with Gasteiger partial charge in [0.2, 0.25) is 0 Å². The molecule has 3 aliphatic heterocycles. The van der Waals surface area contributed by atoms with Crippen molar-refractivity contribution >= 4 is 12.0 Å². The van der Waals surface area contributed by atoms with Crippen molar-refractivity contribution in [3.8, 4) is 0 Å². The smallest absolute Gasteiger partial charge is 0.321 e. The van der Waals surface area contributed by atoms with Crippen LogP contribution in [0.3, 0.4) is 0 Å². The number of ether oxygens (including phenoxy) is 3. The molecule has 0 N–H and O–H groups in total. The predicted molar refractivity (Wildman–Crippen MR) is 106 cm³/mol. The number of carbonyl (C=O) groups is 2. The van der Waals surface area contributed by atoms with Crippen LogP contribution in [0.4, 0.5) is 4.79 Å². The second-order valence-electron chi connectivity index (χ2n) is 8.17. The van der Waals surface area contributed by atoms with Crippen LogP contribution in [0, 0.1) is 0 Å². The number of amides is 2. The number of hydrogen-bond acceptors (Lipinski definition) is 5. The summed E-state index contributed by atoms with van der Waals surface area (Å²) in [5.41, 5.74) is 1.04. The lowest BCUT2D eigenvalue weighted by molar-refractivity contribution is -0.293. The van der Waals surface area contributed by atoms with Gasteiger partial charge in [-0.25, -0.2) is 4.79 Å². The minimum absolute atomic E-state index is 0.0219. The van der Waals surface area contributed by atoms with Crippen LogP contribution in [0.5, 0.6) is 0 Å². The van der Waals surface area contributed by atoms with Gasteiger partial charge >= 0.3 is 12.0 Å². The van der Waals surface area contributed by atoms with E-state index in [1.54, 1.807) is 6.92 Å². The maximum absolute atomic E-state index is 13.4. The Hall–Kier alpha value is -2.12. The predicted octanol–water partition coefficient (Wildman–Crippen LogP) is 2.93. The van der Waals surface area contributed by atoms with Gasteiger partial charge in [0.05, 0.1) is 38.3 Å². The summed E-state index contributed by atoms with van der Waals surface area (Å²) >= 11 is 0. The van der Waals surface area contributed by atoms with Gasteiger partial charge in [0, 0.05) is 25.4 Å². The highest BCUT2D eigenvalue weighted by Gasteiger charge is 2.56. The number of rotatable bonds is 5. The Balaban J connectivity index is 1.62. The third-order valence-electron chi connectivity index (χ3n) is 6.17. The van der Waals surface area contributed by atoms with Crippen molar-refractivity contribution in [2.24, 2.45) is 0 Å². The zero-order chi connectivity index (χ0) is 20.4. The summed E-state index contributed by atoms with van der Waals surface area (Å²) in [7, 11) is 0. The van der Waals surface area contributed by atoms with Crippen LogP contribution in [0.1, 0.15) is 45.1 Å². The average Bonchev–Trinajstić information content (AvgIpc) is 2.95. The normalized spacial score (nSPS) is 28.5. The monoisotopic (exact) mass is 402 g/mol. The van der Waals surface area contributed by atoms with E-state index in [4.69, 9.17) is 14.2 Å². The fourth-order valence-corrected chi connectivity index (χ4v) is 4.98. The maximum Gasteiger partial charge on any atom is 0.321 e. The lowest BCUT2D eigenvalue weighted by atomic mass is 9.87. The number of hydrogen-bond donors (Lipinski definition) is 0. The number of carbonyl (C=O) groups excluding carboxylic acids is 2. The molecular formula is C22H30N2O5. The summed E-state index contributed by atoms with van der Waals surface area (Å²) in [5.74, 6) is -0.933. The molecule has 3 aliphatic rings. The summed E-state index contributed by atoms with van der Waals surface area (Å²) < 4.78 is 17.4. The molecule has 3 atom stereocenters. The SMILES string of the molecule is CCOC(=O)CC1[C@H]2CC3(C[C@@H](C)N2C(=O)N1Cc1ccccc1)OCCCO3. The second-order valence-corrected chi connectivity index (χ2v) is 8.17. The Morgan fingerprint density at radius 3 is 2.62 bits per heavy atom. The summed E-state index contributed by atoms with van der Waals surface area (Å²) in [6.45, 7) is 5.98. The molecule has 2 amide bonds. The van der Waals surface area contributed by atoms with E-state index in [0.717, 1.165) is 12.0 Å². The zero-order valence-corrected chi connectivity index (χ0v) is 17.2. The van der Waals surface area contributed by atoms with E-state index in [-0.39, 0.29) is 36.5 Å². The zero-order valence-electron chi connectivity index (χ0n) is 17.2. The van der Waals surface area contributed by atoms with E-state index >= 15 is 0 Å². The number of benzene rings is 1. The van der Waals surface area contributed by atoms with Crippen molar-refractivity contribution in [3.05, 3.63) is 35.9 Å². The minimum atomic E-state index is -0.658. The van der Waals surface area contributed by atoms with Gasteiger partial charge < -0.3 is 24.0 Å². The summed E-state index contributed by atoms with van der Waals surface area (Å²) in [6, 6.07) is 9.44. The quantitative estimate of drug-likeness (QED) is 0.709. The van der Waals surface area contributed by atoms with Gasteiger partial charge in [-0.1, -0.05) is 30.3 Å². The molecule has 0 bridgehead atoms. The average molecular weight is 402 g/mol. The number of urea groups is 1. The molecule has 4 rings (SSSR count). The molecule has 1 aromatic rings. The minimum Gasteiger partial charge on any atom is -0.466 e. The van der Waals surface area contributed by atoms with Crippen molar-refractivity contribution in [3.63, 3.8) is 0 Å². The molecule has 158 valence electrons. The van der Waals surface area contributed by atoms with Crippen LogP contribution in [0.2, 0.25) is 0 Å². The molecule has 3 fully saturated rings. The summed E-state index contributed by atoms with van der Waals surface area (Å²) in [6.07, 6.45) is 2.30. The molecule has 0 aliphatic carbocycles. The van der Waals surface area contributed by atoms with Gasteiger partial charge in [0.1, 0.15) is 0 Å². The molecule has 3 saturated heterocycles. The van der Waals surface area contributed by atoms with Gasteiger partial charge in [-0.3, -0.25) is 4.79 Å². The van der Waals surface area contributed by atoms with Crippen LogP contribution in [-0.4, -0.2) is 65.5 Å². The first-order chi connectivity index (χ1) is 14.0. The molecule has 0 radical (unpaired) electrons. The standard InChI is InChI=1S/C22H30N2O5/c1-3-27-20(25)12-18-19-14-22(28-10-7-11-29-22)13-16(2)24(19)21(26)23(18)15-17-8-5-4-6-9-17/h4-6,8-9,16,18-19H,3,7,10-15H2,1-2H3/t16-,18?,19-/m1/s1. The number of nitrogens with zero attached hydrogens (tertiary/aromatic N) is 2. The largest absolute Gasteiger partial charge is 0.466 e. The Morgan fingerprint density at radius 2 is 1.93 bits per heavy atom. The Kier molecular flexibility index (Phi) is 5.79. The highest BCUT2D eigenvalue weighted by molar-refractivity contribution is 5.80. The molecule has 29 heavy (non-hydrogen) atoms. The van der Waals surface area contributed by atoms with Crippen molar-refractivity contribution in [2.75, 3.05) is 19.8 Å². The lowest BCUT2D eigenvalue weighted by Gasteiger charge is -2.48. The highest BCUT2D eigenvalue weighted by Crippen LogP contribution is 2.43. The highest BCUT2D eigenvalue weighted by atomic mass is 16.7. The van der Waals surface area contributed by atoms with Crippen molar-refractivity contribution in [1.82, 2.24) is 9.80 Å². The van der Waals surface area contributed by atoms with Crippen molar-refractivity contribution in [1.29, 1.82) is 0 Å². The summed E-state index contributed by atoms with van der Waals surface area (Å²) in [5, 5.41) is 0. The van der Waals surface area contributed by atoms with E-state index in [2.05, 4.69) is 0 Å². The molecule has 7 heteroatoms. The third-order valence-corrected chi connectivity index (χ3v) is 6.17. The molecule has 1 spiro atoms. The Bertz CT molecular complexity index is 734. The Labute approximate surface area is 171 Å². The molecule has 7 nitrogen and oxygen atoms in total. The van der Waals surface area contributed by atoms with E-state index in [0.29, 0.717) is 39.2 Å². The number of piperidine rings is 1. The van der Waals surface area contributed by atoms with Crippen LogP contribution in [0.25, 0.3) is 0 Å². The first-order valence-electron chi connectivity index (χ1n) is 10.6. The van der Waals surface area contributed by atoms with E-state index in [1.165, 1.54) is 0 Å². The summed E-state index contributed by atoms with van der Waals surface area (Å²) in [4.78, 5) is 29.5. The van der Waals surface area contributed by atoms with Crippen LogP contribution in [0.15, 0.2) is 30.3 Å². The van der Waals surface area contributed by atoms with E-state index in [9.17, 15) is 9.59 Å². The Morgan fingerprint density at radius 1 is 1.21 bits per heavy atom. The van der Waals surface area contributed by atoms with Gasteiger partial charge in [0.15, 0.2) is 5.79 Å². The van der Waals surface area contributed by atoms with Crippen LogP contribution >= 0.6 is 0 Å². The first-order valence-corrected chi connectivity index (χ1v) is 10.6. The van der Waals surface area contributed by atoms with Gasteiger partial charge in [-0.15, -0.1) is 0 Å². The van der Waals surface area contributed by atoms with Crippen molar-refractivity contribution in [2.45, 2.75) is 70.0 Å². The molecule has 0 aromatic heterocycles. The first kappa shape index (κ1) is 20.2. The maximum atomic E-state index is 13.4. The van der Waals surface area contributed by atoms with Crippen molar-refractivity contribution < 1.29 is 23.8 Å². The molecule has 3 heterocycles. The molecule has 0 saturated carbocycles. The van der Waals surface area contributed by atoms with Crippen LogP contribution in [-0.2, 0) is 25.5 Å². The molecular weight excluding hydrogens is 372 g/mol. The molecule has 1 aromatic carbocycles. The van der Waals surface area contributed by atoms with Gasteiger partial charge in [-0.05, 0) is 25.8 Å². The van der Waals surface area contributed by atoms with E-state index in [1.807, 2.05) is 47.1 Å². The van der Waals surface area contributed by atoms with Gasteiger partial charge in [0.25, 0.3) is 0 Å².